The molecule has 0 spiro atoms. The highest BCUT2D eigenvalue weighted by Crippen LogP contribution is 2.29. The quantitative estimate of drug-likeness (QED) is 0.599. The van der Waals surface area contributed by atoms with Gasteiger partial charge in [-0.05, 0) is 12.1 Å². The van der Waals surface area contributed by atoms with Crippen molar-refractivity contribution in [3.8, 4) is 11.3 Å². The van der Waals surface area contributed by atoms with Crippen molar-refractivity contribution >= 4 is 33.9 Å². The second-order valence-electron chi connectivity index (χ2n) is 5.88. The van der Waals surface area contributed by atoms with Crippen molar-refractivity contribution in [3.63, 3.8) is 0 Å². The van der Waals surface area contributed by atoms with Gasteiger partial charge in [0.15, 0.2) is 11.5 Å². The summed E-state index contributed by atoms with van der Waals surface area (Å²) in [6, 6.07) is 15.5. The number of nitrogens with one attached hydrogen (secondary N) is 1. The summed E-state index contributed by atoms with van der Waals surface area (Å²) in [5.41, 5.74) is 2.43. The Bertz CT molecular complexity index is 1100. The van der Waals surface area contributed by atoms with Crippen LogP contribution in [0.5, 0.6) is 0 Å². The van der Waals surface area contributed by atoms with Crippen molar-refractivity contribution in [1.29, 1.82) is 0 Å². The first-order valence-corrected chi connectivity index (χ1v) is 8.71. The molecule has 2 heterocycles. The molecule has 7 heteroatoms. The van der Waals surface area contributed by atoms with Gasteiger partial charge in [-0.2, -0.15) is 9.61 Å². The van der Waals surface area contributed by atoms with Crippen molar-refractivity contribution in [1.82, 2.24) is 25.1 Å². The van der Waals surface area contributed by atoms with Gasteiger partial charge in [0.25, 0.3) is 0 Å². The summed E-state index contributed by atoms with van der Waals surface area (Å²) in [6.45, 7) is 2.08. The molecule has 0 fully saturated rings. The molecule has 0 aliphatic heterocycles. The maximum Gasteiger partial charge on any atom is 0.220 e. The number of amides is 1. The van der Waals surface area contributed by atoms with Crippen LogP contribution in [0.2, 0.25) is 5.02 Å². The molecule has 0 aliphatic rings. The Morgan fingerprint density at radius 3 is 2.54 bits per heavy atom. The number of halogens is 1. The Balaban J connectivity index is 1.91. The average Bonchev–Trinajstić information content (AvgIpc) is 3.09. The first-order valence-electron chi connectivity index (χ1n) is 8.33. The Hall–Kier alpha value is -2.99. The van der Waals surface area contributed by atoms with E-state index in [4.69, 9.17) is 16.7 Å². The van der Waals surface area contributed by atoms with Gasteiger partial charge in [0, 0.05) is 27.8 Å². The third kappa shape index (κ3) is 2.88. The molecule has 0 radical (unpaired) electrons. The highest BCUT2D eigenvalue weighted by atomic mass is 35.5. The van der Waals surface area contributed by atoms with Gasteiger partial charge in [0.2, 0.25) is 5.91 Å². The van der Waals surface area contributed by atoms with E-state index in [2.05, 4.69) is 15.5 Å². The summed E-state index contributed by atoms with van der Waals surface area (Å²) in [4.78, 5) is 11.6. The lowest BCUT2D eigenvalue weighted by Gasteiger charge is -2.09. The molecule has 26 heavy (non-hydrogen) atoms. The molecule has 4 aromatic rings. The Morgan fingerprint density at radius 2 is 1.81 bits per heavy atom. The van der Waals surface area contributed by atoms with E-state index in [-0.39, 0.29) is 12.5 Å². The summed E-state index contributed by atoms with van der Waals surface area (Å²) >= 11 is 6.02. The van der Waals surface area contributed by atoms with Crippen molar-refractivity contribution in [2.75, 3.05) is 0 Å². The Morgan fingerprint density at radius 1 is 1.08 bits per heavy atom. The third-order valence-corrected chi connectivity index (χ3v) is 4.46. The monoisotopic (exact) mass is 365 g/mol. The van der Waals surface area contributed by atoms with Crippen molar-refractivity contribution in [3.05, 3.63) is 59.4 Å². The molecule has 4 rings (SSSR count). The number of carbonyl (C=O) groups excluding carboxylic acids is 1. The Kier molecular flexibility index (Phi) is 4.26. The molecule has 0 atom stereocenters. The highest BCUT2D eigenvalue weighted by molar-refractivity contribution is 6.30. The van der Waals surface area contributed by atoms with Crippen LogP contribution < -0.4 is 5.32 Å². The number of aromatic nitrogens is 4. The van der Waals surface area contributed by atoms with E-state index in [1.165, 1.54) is 0 Å². The summed E-state index contributed by atoms with van der Waals surface area (Å²) in [5.74, 6) is 0.545. The van der Waals surface area contributed by atoms with Gasteiger partial charge in [-0.1, -0.05) is 54.9 Å². The molecule has 6 nitrogen and oxygen atoms in total. The van der Waals surface area contributed by atoms with E-state index in [9.17, 15) is 4.79 Å². The van der Waals surface area contributed by atoms with Crippen LogP contribution in [0, 0.1) is 0 Å². The fourth-order valence-electron chi connectivity index (χ4n) is 2.86. The normalized spacial score (nSPS) is 11.2. The lowest BCUT2D eigenvalue weighted by Crippen LogP contribution is -2.23. The molecular formula is C19H16ClN5O. The zero-order valence-electron chi connectivity index (χ0n) is 14.1. The van der Waals surface area contributed by atoms with Crippen molar-refractivity contribution < 1.29 is 4.79 Å². The van der Waals surface area contributed by atoms with E-state index in [1.807, 2.05) is 55.5 Å². The maximum atomic E-state index is 11.6. The predicted molar refractivity (Wildman–Crippen MR) is 101 cm³/mol. The van der Waals surface area contributed by atoms with Crippen LogP contribution in [0.15, 0.2) is 48.5 Å². The average molecular weight is 366 g/mol. The first-order chi connectivity index (χ1) is 12.7. The standard InChI is InChI=1S/C19H16ClN5O/c1-2-17(26)21-11-16-22-23-19-15-6-4-3-5-14(15)18(24-25(16)19)12-7-9-13(20)10-8-12/h3-10H,2,11H2,1H3,(H,21,26). The van der Waals surface area contributed by atoms with Crippen LogP contribution in [0.25, 0.3) is 27.7 Å². The van der Waals surface area contributed by atoms with Crippen LogP contribution in [-0.2, 0) is 11.3 Å². The minimum absolute atomic E-state index is 0.0412. The minimum atomic E-state index is -0.0412. The highest BCUT2D eigenvalue weighted by Gasteiger charge is 2.15. The van der Waals surface area contributed by atoms with Gasteiger partial charge >= 0.3 is 0 Å². The fraction of sp³-hybridized carbons (Fsp3) is 0.158. The van der Waals surface area contributed by atoms with Crippen LogP contribution in [-0.4, -0.2) is 25.7 Å². The van der Waals surface area contributed by atoms with E-state index in [0.29, 0.717) is 22.9 Å². The number of hydrogen-bond acceptors (Lipinski definition) is 4. The van der Waals surface area contributed by atoms with Crippen LogP contribution in [0.3, 0.4) is 0 Å². The predicted octanol–water partition coefficient (Wildman–Crippen LogP) is 3.62. The SMILES string of the molecule is CCC(=O)NCc1nnc2c3ccccc3c(-c3ccc(Cl)cc3)nn12. The second kappa shape index (κ2) is 6.72. The maximum absolute atomic E-state index is 11.6. The van der Waals surface area contributed by atoms with Gasteiger partial charge in [0.1, 0.15) is 0 Å². The van der Waals surface area contributed by atoms with E-state index in [1.54, 1.807) is 4.52 Å². The van der Waals surface area contributed by atoms with Crippen LogP contribution in [0.1, 0.15) is 19.2 Å². The molecule has 0 bridgehead atoms. The van der Waals surface area contributed by atoms with Gasteiger partial charge in [-0.25, -0.2) is 0 Å². The smallest absolute Gasteiger partial charge is 0.220 e. The summed E-state index contributed by atoms with van der Waals surface area (Å²) in [7, 11) is 0. The number of nitrogens with zero attached hydrogens (tertiary/aromatic N) is 4. The lowest BCUT2D eigenvalue weighted by molar-refractivity contribution is -0.120. The number of carbonyl (C=O) groups is 1. The number of rotatable bonds is 4. The molecule has 130 valence electrons. The molecule has 1 amide bonds. The number of hydrogen-bond donors (Lipinski definition) is 1. The van der Waals surface area contributed by atoms with Crippen LogP contribution >= 0.6 is 11.6 Å². The largest absolute Gasteiger partial charge is 0.349 e. The molecule has 2 aromatic carbocycles. The molecule has 1 N–H and O–H groups in total. The van der Waals surface area contributed by atoms with Gasteiger partial charge in [-0.15, -0.1) is 10.2 Å². The molecule has 0 saturated heterocycles. The zero-order chi connectivity index (χ0) is 18.1. The molecular weight excluding hydrogens is 350 g/mol. The molecule has 0 unspecified atom stereocenters. The van der Waals surface area contributed by atoms with E-state index < -0.39 is 0 Å². The minimum Gasteiger partial charge on any atom is -0.349 e. The Labute approximate surface area is 154 Å². The summed E-state index contributed by atoms with van der Waals surface area (Å²) < 4.78 is 1.70. The fourth-order valence-corrected chi connectivity index (χ4v) is 2.98. The third-order valence-electron chi connectivity index (χ3n) is 4.21. The molecule has 0 saturated carbocycles. The first kappa shape index (κ1) is 16.5. The topological polar surface area (TPSA) is 72.2 Å². The summed E-state index contributed by atoms with van der Waals surface area (Å²) in [5, 5.41) is 18.7. The van der Waals surface area contributed by atoms with Crippen LogP contribution in [0.4, 0.5) is 0 Å². The van der Waals surface area contributed by atoms with E-state index in [0.717, 1.165) is 22.0 Å². The summed E-state index contributed by atoms with van der Waals surface area (Å²) in [6.07, 6.45) is 0.420. The zero-order valence-corrected chi connectivity index (χ0v) is 14.9. The number of fused-ring (bicyclic) bond motifs is 3. The van der Waals surface area contributed by atoms with Gasteiger partial charge in [-0.3, -0.25) is 4.79 Å². The number of benzene rings is 2. The van der Waals surface area contributed by atoms with Crippen molar-refractivity contribution in [2.24, 2.45) is 0 Å². The lowest BCUT2D eigenvalue weighted by atomic mass is 10.1. The second-order valence-corrected chi connectivity index (χ2v) is 6.32. The van der Waals surface area contributed by atoms with E-state index >= 15 is 0 Å². The molecule has 2 aromatic heterocycles. The van der Waals surface area contributed by atoms with Gasteiger partial charge < -0.3 is 5.32 Å². The molecule has 0 aliphatic carbocycles. The van der Waals surface area contributed by atoms with Crippen molar-refractivity contribution in [2.45, 2.75) is 19.9 Å². The van der Waals surface area contributed by atoms with Gasteiger partial charge in [0.05, 0.1) is 12.2 Å².